The van der Waals surface area contributed by atoms with E-state index in [-0.39, 0.29) is 11.6 Å². The number of carbonyl (C=O) groups excluding carboxylic acids is 1. The monoisotopic (exact) mass is 283 g/mol. The molecule has 21 heavy (non-hydrogen) atoms. The summed E-state index contributed by atoms with van der Waals surface area (Å²) in [4.78, 5) is 15.7. The second kappa shape index (κ2) is 5.05. The number of halogens is 1. The van der Waals surface area contributed by atoms with E-state index in [9.17, 15) is 9.18 Å². The molecule has 4 heteroatoms. The van der Waals surface area contributed by atoms with Gasteiger partial charge in [0.25, 0.3) is 0 Å². The molecule has 3 aromatic rings. The molecule has 0 unspecified atom stereocenters. The molecule has 0 spiro atoms. The zero-order valence-corrected chi connectivity index (χ0v) is 11.7. The number of aromatic nitrogens is 1. The molecule has 1 heterocycles. The standard InChI is InChI=1S/C17H14FNO2/c1-10-3-6-16(21-2)13(7-10)17(20)14-9-19-15-5-4-11(18)8-12(14)15/h3-9,19H,1-2H3. The molecule has 0 saturated carbocycles. The third-order valence-corrected chi connectivity index (χ3v) is 3.49. The number of H-pyrrole nitrogens is 1. The second-order valence-corrected chi connectivity index (χ2v) is 4.93. The predicted octanol–water partition coefficient (Wildman–Crippen LogP) is 3.86. The van der Waals surface area contributed by atoms with Crippen LogP contribution in [0.4, 0.5) is 4.39 Å². The number of benzene rings is 2. The Hall–Kier alpha value is -2.62. The fraction of sp³-hybridized carbons (Fsp3) is 0.118. The topological polar surface area (TPSA) is 42.1 Å². The van der Waals surface area contributed by atoms with Gasteiger partial charge in [-0.3, -0.25) is 4.79 Å². The highest BCUT2D eigenvalue weighted by Gasteiger charge is 2.18. The van der Waals surface area contributed by atoms with E-state index in [2.05, 4.69) is 4.98 Å². The van der Waals surface area contributed by atoms with Gasteiger partial charge >= 0.3 is 0 Å². The molecular weight excluding hydrogens is 269 g/mol. The van der Waals surface area contributed by atoms with Gasteiger partial charge in [-0.2, -0.15) is 0 Å². The van der Waals surface area contributed by atoms with Crippen LogP contribution in [0.25, 0.3) is 10.9 Å². The van der Waals surface area contributed by atoms with Crippen molar-refractivity contribution in [2.24, 2.45) is 0 Å². The Labute approximate surface area is 121 Å². The van der Waals surface area contributed by atoms with Gasteiger partial charge in [0.2, 0.25) is 0 Å². The lowest BCUT2D eigenvalue weighted by Gasteiger charge is -2.08. The van der Waals surface area contributed by atoms with E-state index in [0.717, 1.165) is 11.1 Å². The molecule has 0 fully saturated rings. The maximum absolute atomic E-state index is 13.4. The van der Waals surface area contributed by atoms with Crippen LogP contribution in [-0.4, -0.2) is 17.9 Å². The van der Waals surface area contributed by atoms with Crippen LogP contribution in [-0.2, 0) is 0 Å². The lowest BCUT2D eigenvalue weighted by molar-refractivity contribution is 0.103. The highest BCUT2D eigenvalue weighted by Crippen LogP contribution is 2.27. The number of hydrogen-bond donors (Lipinski definition) is 1. The maximum atomic E-state index is 13.4. The van der Waals surface area contributed by atoms with Crippen molar-refractivity contribution >= 4 is 16.7 Å². The van der Waals surface area contributed by atoms with E-state index in [1.54, 1.807) is 24.4 Å². The van der Waals surface area contributed by atoms with Crippen molar-refractivity contribution < 1.29 is 13.9 Å². The molecule has 2 aromatic carbocycles. The summed E-state index contributed by atoms with van der Waals surface area (Å²) < 4.78 is 18.7. The number of ether oxygens (including phenoxy) is 1. The van der Waals surface area contributed by atoms with Gasteiger partial charge < -0.3 is 9.72 Å². The summed E-state index contributed by atoms with van der Waals surface area (Å²) in [6.45, 7) is 1.91. The lowest BCUT2D eigenvalue weighted by Crippen LogP contribution is -2.04. The average molecular weight is 283 g/mol. The molecule has 0 saturated heterocycles. The molecule has 0 aliphatic rings. The van der Waals surface area contributed by atoms with Crippen LogP contribution in [0.5, 0.6) is 5.75 Å². The van der Waals surface area contributed by atoms with E-state index < -0.39 is 0 Å². The lowest BCUT2D eigenvalue weighted by atomic mass is 10.00. The summed E-state index contributed by atoms with van der Waals surface area (Å²) in [5, 5.41) is 0.573. The van der Waals surface area contributed by atoms with Crippen molar-refractivity contribution in [3.63, 3.8) is 0 Å². The number of ketones is 1. The Bertz CT molecular complexity index is 836. The van der Waals surface area contributed by atoms with E-state index >= 15 is 0 Å². The SMILES string of the molecule is COc1ccc(C)cc1C(=O)c1c[nH]c2ccc(F)cc12. The third kappa shape index (κ3) is 2.29. The Balaban J connectivity index is 2.17. The molecule has 0 aliphatic carbocycles. The van der Waals surface area contributed by atoms with Crippen LogP contribution in [0, 0.1) is 12.7 Å². The van der Waals surface area contributed by atoms with Gasteiger partial charge in [0.05, 0.1) is 12.7 Å². The van der Waals surface area contributed by atoms with Crippen LogP contribution in [0.15, 0.2) is 42.6 Å². The number of nitrogens with one attached hydrogen (secondary N) is 1. The van der Waals surface area contributed by atoms with Crippen LogP contribution < -0.4 is 4.74 Å². The normalized spacial score (nSPS) is 10.8. The minimum absolute atomic E-state index is 0.188. The minimum Gasteiger partial charge on any atom is -0.496 e. The summed E-state index contributed by atoms with van der Waals surface area (Å²) in [6.07, 6.45) is 1.61. The van der Waals surface area contributed by atoms with Gasteiger partial charge in [0.15, 0.2) is 5.78 Å². The molecule has 3 rings (SSSR count). The van der Waals surface area contributed by atoms with Crippen molar-refractivity contribution in [2.75, 3.05) is 7.11 Å². The average Bonchev–Trinajstić information content (AvgIpc) is 2.89. The minimum atomic E-state index is -0.368. The second-order valence-electron chi connectivity index (χ2n) is 4.93. The first kappa shape index (κ1) is 13.4. The Morgan fingerprint density at radius 2 is 1.95 bits per heavy atom. The molecule has 0 amide bonds. The number of hydrogen-bond acceptors (Lipinski definition) is 2. The van der Waals surface area contributed by atoms with Gasteiger partial charge in [-0.15, -0.1) is 0 Å². The summed E-state index contributed by atoms with van der Waals surface area (Å²) in [5.41, 5.74) is 2.60. The number of aromatic amines is 1. The zero-order valence-electron chi connectivity index (χ0n) is 11.7. The van der Waals surface area contributed by atoms with Crippen LogP contribution in [0.3, 0.4) is 0 Å². The number of aryl methyl sites for hydroxylation is 1. The predicted molar refractivity (Wildman–Crippen MR) is 79.4 cm³/mol. The van der Waals surface area contributed by atoms with Crippen LogP contribution >= 0.6 is 0 Å². The van der Waals surface area contributed by atoms with Gasteiger partial charge in [0.1, 0.15) is 11.6 Å². The van der Waals surface area contributed by atoms with E-state index in [4.69, 9.17) is 4.74 Å². The van der Waals surface area contributed by atoms with Crippen LogP contribution in [0.2, 0.25) is 0 Å². The largest absolute Gasteiger partial charge is 0.496 e. The number of carbonyl (C=O) groups is 1. The first-order valence-corrected chi connectivity index (χ1v) is 6.56. The van der Waals surface area contributed by atoms with E-state index in [1.165, 1.54) is 19.2 Å². The molecule has 3 nitrogen and oxygen atoms in total. The Morgan fingerprint density at radius 1 is 1.14 bits per heavy atom. The Morgan fingerprint density at radius 3 is 2.71 bits per heavy atom. The van der Waals surface area contributed by atoms with Gasteiger partial charge in [-0.05, 0) is 37.3 Å². The van der Waals surface area contributed by atoms with E-state index in [1.807, 2.05) is 13.0 Å². The smallest absolute Gasteiger partial charge is 0.198 e. The number of methoxy groups -OCH3 is 1. The molecule has 0 bridgehead atoms. The van der Waals surface area contributed by atoms with Crippen molar-refractivity contribution in [2.45, 2.75) is 6.92 Å². The molecule has 0 radical (unpaired) electrons. The summed E-state index contributed by atoms with van der Waals surface area (Å²) in [7, 11) is 1.52. The van der Waals surface area contributed by atoms with Crippen molar-refractivity contribution in [1.29, 1.82) is 0 Å². The molecule has 106 valence electrons. The van der Waals surface area contributed by atoms with E-state index in [0.29, 0.717) is 22.3 Å². The summed E-state index contributed by atoms with van der Waals surface area (Å²) in [5.74, 6) is -0.0453. The quantitative estimate of drug-likeness (QED) is 0.742. The van der Waals surface area contributed by atoms with Crippen molar-refractivity contribution in [3.8, 4) is 5.75 Å². The summed E-state index contributed by atoms with van der Waals surface area (Å²) >= 11 is 0. The summed E-state index contributed by atoms with van der Waals surface area (Å²) in [6, 6.07) is 9.76. The highest BCUT2D eigenvalue weighted by atomic mass is 19.1. The van der Waals surface area contributed by atoms with Gasteiger partial charge in [-0.1, -0.05) is 11.6 Å². The molecule has 0 aliphatic heterocycles. The van der Waals surface area contributed by atoms with Crippen molar-refractivity contribution in [3.05, 3.63) is 65.1 Å². The number of rotatable bonds is 3. The first-order valence-electron chi connectivity index (χ1n) is 6.56. The van der Waals surface area contributed by atoms with Gasteiger partial charge in [0, 0.05) is 22.7 Å². The van der Waals surface area contributed by atoms with Crippen molar-refractivity contribution in [1.82, 2.24) is 4.98 Å². The molecule has 1 N–H and O–H groups in total. The number of fused-ring (bicyclic) bond motifs is 1. The third-order valence-electron chi connectivity index (χ3n) is 3.49. The van der Waals surface area contributed by atoms with Gasteiger partial charge in [-0.25, -0.2) is 4.39 Å². The first-order chi connectivity index (χ1) is 10.1. The zero-order chi connectivity index (χ0) is 15.0. The maximum Gasteiger partial charge on any atom is 0.198 e. The Kier molecular flexibility index (Phi) is 3.22. The molecule has 0 atom stereocenters. The fourth-order valence-electron chi connectivity index (χ4n) is 2.43. The molecular formula is C17H14FNO2. The van der Waals surface area contributed by atoms with Crippen LogP contribution in [0.1, 0.15) is 21.5 Å². The highest BCUT2D eigenvalue weighted by molar-refractivity contribution is 6.17. The molecule has 1 aromatic heterocycles. The fourth-order valence-corrected chi connectivity index (χ4v) is 2.43.